The molecule has 0 aliphatic carbocycles. The third-order valence-corrected chi connectivity index (χ3v) is 5.93. The fraction of sp³-hybridized carbons (Fsp3) is 0.417. The number of anilines is 1. The van der Waals surface area contributed by atoms with E-state index in [0.717, 1.165) is 47.5 Å². The van der Waals surface area contributed by atoms with Crippen LogP contribution in [0.5, 0.6) is 0 Å². The summed E-state index contributed by atoms with van der Waals surface area (Å²) in [5.74, 6) is 0.434. The first-order valence-electron chi connectivity index (χ1n) is 10.3. The number of nitrogens with one attached hydrogen (secondary N) is 1. The summed E-state index contributed by atoms with van der Waals surface area (Å²) in [6.45, 7) is 5.98. The van der Waals surface area contributed by atoms with E-state index in [1.807, 2.05) is 26.1 Å². The second-order valence-electron chi connectivity index (χ2n) is 8.21. The van der Waals surface area contributed by atoms with Crippen molar-refractivity contribution in [1.29, 1.82) is 0 Å². The highest BCUT2D eigenvalue weighted by atomic mass is 19.1. The fourth-order valence-electron chi connectivity index (χ4n) is 4.19. The third-order valence-electron chi connectivity index (χ3n) is 5.93. The predicted molar refractivity (Wildman–Crippen MR) is 121 cm³/mol. The van der Waals surface area contributed by atoms with Gasteiger partial charge in [0.2, 0.25) is 0 Å². The maximum Gasteiger partial charge on any atom is 0.131 e. The van der Waals surface area contributed by atoms with Crippen molar-refractivity contribution in [2.45, 2.75) is 32.7 Å². The van der Waals surface area contributed by atoms with Crippen molar-refractivity contribution in [3.05, 3.63) is 58.7 Å². The molecule has 0 amide bonds. The SMILES string of the molecule is CN/C(N)=C/c1c(C)cc(-c2c(C)cccc2F)cc1N1CCCC(N(C)C)C1. The van der Waals surface area contributed by atoms with Crippen LogP contribution < -0.4 is 16.0 Å². The lowest BCUT2D eigenvalue weighted by molar-refractivity contribution is 0.258. The van der Waals surface area contributed by atoms with Crippen LogP contribution in [0.15, 0.2) is 36.2 Å². The number of rotatable bonds is 5. The average molecular weight is 397 g/mol. The van der Waals surface area contributed by atoms with Gasteiger partial charge in [0.15, 0.2) is 0 Å². The molecule has 3 rings (SSSR count). The zero-order valence-corrected chi connectivity index (χ0v) is 18.2. The second kappa shape index (κ2) is 8.87. The quantitative estimate of drug-likeness (QED) is 0.798. The standard InChI is InChI=1S/C24H33FN4/c1-16-8-6-10-21(25)24(16)18-12-17(2)20(14-23(26)27-3)22(13-18)29-11-7-9-19(15-29)28(4)5/h6,8,10,12-14,19,27H,7,9,11,15,26H2,1-5H3/b23-14+. The molecular formula is C24H33FN4. The Labute approximate surface area is 174 Å². The van der Waals surface area contributed by atoms with Gasteiger partial charge < -0.3 is 20.9 Å². The van der Waals surface area contributed by atoms with Gasteiger partial charge in [0.1, 0.15) is 5.82 Å². The van der Waals surface area contributed by atoms with Crippen LogP contribution in [-0.2, 0) is 0 Å². The zero-order chi connectivity index (χ0) is 21.1. The monoisotopic (exact) mass is 396 g/mol. The van der Waals surface area contributed by atoms with Crippen molar-refractivity contribution in [2.75, 3.05) is 39.1 Å². The number of benzene rings is 2. The van der Waals surface area contributed by atoms with Crippen LogP contribution in [0.25, 0.3) is 17.2 Å². The third kappa shape index (κ3) is 4.56. The Bertz CT molecular complexity index is 884. The molecule has 0 spiro atoms. The summed E-state index contributed by atoms with van der Waals surface area (Å²) in [7, 11) is 6.09. The van der Waals surface area contributed by atoms with Crippen molar-refractivity contribution in [3.63, 3.8) is 0 Å². The maximum absolute atomic E-state index is 14.7. The fourth-order valence-corrected chi connectivity index (χ4v) is 4.19. The van der Waals surface area contributed by atoms with Gasteiger partial charge in [0.05, 0.1) is 5.82 Å². The largest absolute Gasteiger partial charge is 0.386 e. The minimum atomic E-state index is -0.182. The van der Waals surface area contributed by atoms with E-state index in [2.05, 4.69) is 48.3 Å². The summed E-state index contributed by atoms with van der Waals surface area (Å²) in [6.07, 6.45) is 4.32. The molecule has 2 aromatic carbocycles. The first kappa shape index (κ1) is 21.2. The molecule has 0 radical (unpaired) electrons. The van der Waals surface area contributed by atoms with Crippen LogP contribution in [0, 0.1) is 19.7 Å². The van der Waals surface area contributed by atoms with E-state index < -0.39 is 0 Å². The van der Waals surface area contributed by atoms with E-state index in [4.69, 9.17) is 5.73 Å². The van der Waals surface area contributed by atoms with Crippen LogP contribution in [0.3, 0.4) is 0 Å². The molecule has 1 aliphatic rings. The first-order chi connectivity index (χ1) is 13.8. The lowest BCUT2D eigenvalue weighted by Crippen LogP contribution is -2.45. The Morgan fingerprint density at radius 2 is 2.00 bits per heavy atom. The van der Waals surface area contributed by atoms with Crippen LogP contribution >= 0.6 is 0 Å². The van der Waals surface area contributed by atoms with Crippen molar-refractivity contribution < 1.29 is 4.39 Å². The van der Waals surface area contributed by atoms with Crippen molar-refractivity contribution in [3.8, 4) is 11.1 Å². The minimum Gasteiger partial charge on any atom is -0.386 e. The molecule has 1 heterocycles. The van der Waals surface area contributed by atoms with Gasteiger partial charge in [-0.3, -0.25) is 0 Å². The van der Waals surface area contributed by atoms with E-state index >= 15 is 0 Å². The molecule has 0 bridgehead atoms. The number of aryl methyl sites for hydroxylation is 2. The Hall–Kier alpha value is -2.53. The van der Waals surface area contributed by atoms with Crippen molar-refractivity contribution in [2.24, 2.45) is 5.73 Å². The molecule has 2 aromatic rings. The van der Waals surface area contributed by atoms with Gasteiger partial charge in [-0.25, -0.2) is 4.39 Å². The van der Waals surface area contributed by atoms with Crippen LogP contribution in [0.4, 0.5) is 10.1 Å². The Kier molecular flexibility index (Phi) is 6.48. The summed E-state index contributed by atoms with van der Waals surface area (Å²) in [6, 6.07) is 9.96. The number of hydrogen-bond acceptors (Lipinski definition) is 4. The van der Waals surface area contributed by atoms with Gasteiger partial charge in [0.25, 0.3) is 0 Å². The molecule has 1 saturated heterocycles. The molecular weight excluding hydrogens is 363 g/mol. The number of hydrogen-bond donors (Lipinski definition) is 2. The summed E-state index contributed by atoms with van der Waals surface area (Å²) in [5.41, 5.74) is 11.9. The lowest BCUT2D eigenvalue weighted by atomic mass is 9.93. The molecule has 1 fully saturated rings. The van der Waals surface area contributed by atoms with E-state index in [1.54, 1.807) is 6.07 Å². The molecule has 0 aromatic heterocycles. The predicted octanol–water partition coefficient (Wildman–Crippen LogP) is 4.12. The molecule has 3 N–H and O–H groups in total. The molecule has 4 nitrogen and oxygen atoms in total. The van der Waals surface area contributed by atoms with E-state index in [-0.39, 0.29) is 5.82 Å². The number of likely N-dealkylation sites (N-methyl/N-ethyl adjacent to an activating group) is 1. The number of nitrogens with two attached hydrogens (primary N) is 1. The molecule has 1 atom stereocenters. The van der Waals surface area contributed by atoms with Crippen LogP contribution in [0.2, 0.25) is 0 Å². The van der Waals surface area contributed by atoms with E-state index in [1.165, 1.54) is 12.5 Å². The van der Waals surface area contributed by atoms with Gasteiger partial charge in [-0.1, -0.05) is 18.2 Å². The normalized spacial score (nSPS) is 17.7. The van der Waals surface area contributed by atoms with Crippen molar-refractivity contribution >= 4 is 11.8 Å². The molecule has 5 heteroatoms. The second-order valence-corrected chi connectivity index (χ2v) is 8.21. The molecule has 156 valence electrons. The Morgan fingerprint density at radius 3 is 2.66 bits per heavy atom. The topological polar surface area (TPSA) is 44.5 Å². The number of halogens is 1. The summed E-state index contributed by atoms with van der Waals surface area (Å²) < 4.78 is 14.7. The molecule has 29 heavy (non-hydrogen) atoms. The lowest BCUT2D eigenvalue weighted by Gasteiger charge is -2.38. The van der Waals surface area contributed by atoms with Crippen LogP contribution in [0.1, 0.15) is 29.5 Å². The van der Waals surface area contributed by atoms with Gasteiger partial charge in [0, 0.05) is 43.0 Å². The van der Waals surface area contributed by atoms with Gasteiger partial charge in [-0.2, -0.15) is 0 Å². The highest BCUT2D eigenvalue weighted by molar-refractivity contribution is 5.80. The Balaban J connectivity index is 2.16. The maximum atomic E-state index is 14.7. The van der Waals surface area contributed by atoms with E-state index in [9.17, 15) is 4.39 Å². The highest BCUT2D eigenvalue weighted by Gasteiger charge is 2.24. The summed E-state index contributed by atoms with van der Waals surface area (Å²) in [4.78, 5) is 4.72. The molecule has 1 aliphatic heterocycles. The number of nitrogens with zero attached hydrogens (tertiary/aromatic N) is 2. The highest BCUT2D eigenvalue weighted by Crippen LogP contribution is 2.36. The minimum absolute atomic E-state index is 0.182. The molecule has 1 unspecified atom stereocenters. The van der Waals surface area contributed by atoms with Gasteiger partial charge >= 0.3 is 0 Å². The Morgan fingerprint density at radius 1 is 1.24 bits per heavy atom. The van der Waals surface area contributed by atoms with Crippen LogP contribution in [-0.4, -0.2) is 45.2 Å². The average Bonchev–Trinajstić information content (AvgIpc) is 2.69. The zero-order valence-electron chi connectivity index (χ0n) is 18.2. The number of piperidine rings is 1. The smallest absolute Gasteiger partial charge is 0.131 e. The van der Waals surface area contributed by atoms with Crippen molar-refractivity contribution in [1.82, 2.24) is 10.2 Å². The summed E-state index contributed by atoms with van der Waals surface area (Å²) in [5, 5.41) is 3.01. The summed E-state index contributed by atoms with van der Waals surface area (Å²) >= 11 is 0. The first-order valence-corrected chi connectivity index (χ1v) is 10.3. The van der Waals surface area contributed by atoms with E-state index in [0.29, 0.717) is 17.4 Å². The van der Waals surface area contributed by atoms with Gasteiger partial charge in [-0.15, -0.1) is 0 Å². The van der Waals surface area contributed by atoms with Gasteiger partial charge in [-0.05, 0) is 75.7 Å². The molecule has 0 saturated carbocycles.